The molecule has 3 rings (SSSR count). The van der Waals surface area contributed by atoms with Crippen molar-refractivity contribution in [3.8, 4) is 0 Å². The first-order valence-electron chi connectivity index (χ1n) is 7.19. The van der Waals surface area contributed by atoms with E-state index in [-0.39, 0.29) is 17.1 Å². The van der Waals surface area contributed by atoms with Crippen molar-refractivity contribution in [1.82, 2.24) is 4.90 Å². The third kappa shape index (κ3) is 3.62. The fourth-order valence-electron chi connectivity index (χ4n) is 2.49. The molecule has 0 saturated carbocycles. The van der Waals surface area contributed by atoms with Crippen molar-refractivity contribution < 1.29 is 9.18 Å². The average Bonchev–Trinajstić information content (AvgIpc) is 2.90. The Morgan fingerprint density at radius 3 is 2.86 bits per heavy atom. The van der Waals surface area contributed by atoms with Crippen LogP contribution in [0, 0.1) is 5.82 Å². The number of nitrogens with zero attached hydrogens (tertiary/aromatic N) is 1. The Morgan fingerprint density at radius 2 is 2.09 bits per heavy atom. The molecular formula is C16H17FN2OS2. The number of halogens is 1. The first-order valence-corrected chi connectivity index (χ1v) is 9.12. The van der Waals surface area contributed by atoms with Crippen molar-refractivity contribution in [1.29, 1.82) is 0 Å². The molecule has 2 amide bonds. The molecule has 2 aromatic rings. The van der Waals surface area contributed by atoms with Gasteiger partial charge in [-0.2, -0.15) is 11.8 Å². The number of thiophene rings is 1. The second kappa shape index (κ2) is 7.15. The van der Waals surface area contributed by atoms with E-state index in [1.165, 1.54) is 17.4 Å². The lowest BCUT2D eigenvalue weighted by Gasteiger charge is -2.20. The molecule has 6 heteroatoms. The van der Waals surface area contributed by atoms with Crippen LogP contribution < -0.4 is 5.32 Å². The van der Waals surface area contributed by atoms with Gasteiger partial charge in [-0.05, 0) is 30.0 Å². The lowest BCUT2D eigenvalue weighted by atomic mass is 10.1. The third-order valence-corrected chi connectivity index (χ3v) is 5.73. The highest BCUT2D eigenvalue weighted by Gasteiger charge is 2.23. The zero-order valence-corrected chi connectivity index (χ0v) is 13.6. The number of hydrogen-bond acceptors (Lipinski definition) is 3. The molecule has 2 heterocycles. The Morgan fingerprint density at radius 1 is 1.23 bits per heavy atom. The van der Waals surface area contributed by atoms with Crippen LogP contribution in [-0.4, -0.2) is 29.8 Å². The van der Waals surface area contributed by atoms with E-state index in [9.17, 15) is 9.18 Å². The number of carbonyl (C=O) groups excluding carboxylic acids is 1. The zero-order chi connectivity index (χ0) is 15.4. The summed E-state index contributed by atoms with van der Waals surface area (Å²) in [6.07, 6.45) is 0.767. The van der Waals surface area contributed by atoms with Crippen LogP contribution in [0.4, 0.5) is 14.2 Å². The predicted octanol–water partition coefficient (Wildman–Crippen LogP) is 4.60. The Kier molecular flexibility index (Phi) is 5.00. The van der Waals surface area contributed by atoms with Gasteiger partial charge in [0.15, 0.2) is 0 Å². The predicted molar refractivity (Wildman–Crippen MR) is 91.1 cm³/mol. The van der Waals surface area contributed by atoms with Gasteiger partial charge in [-0.1, -0.05) is 18.2 Å². The van der Waals surface area contributed by atoms with Crippen molar-refractivity contribution in [3.05, 3.63) is 53.2 Å². The quantitative estimate of drug-likeness (QED) is 0.869. The molecule has 1 aliphatic rings. The van der Waals surface area contributed by atoms with E-state index in [0.717, 1.165) is 22.7 Å². The van der Waals surface area contributed by atoms with Crippen LogP contribution in [0.3, 0.4) is 0 Å². The van der Waals surface area contributed by atoms with Crippen molar-refractivity contribution >= 4 is 34.1 Å². The maximum absolute atomic E-state index is 13.9. The van der Waals surface area contributed by atoms with Gasteiger partial charge in [0.05, 0.1) is 5.00 Å². The average molecular weight is 336 g/mol. The fourth-order valence-corrected chi connectivity index (χ4v) is 4.35. The number of anilines is 1. The van der Waals surface area contributed by atoms with E-state index in [4.69, 9.17) is 0 Å². The number of thioether (sulfide) groups is 1. The summed E-state index contributed by atoms with van der Waals surface area (Å²) in [6.45, 7) is 1.33. The van der Waals surface area contributed by atoms with Gasteiger partial charge < -0.3 is 4.90 Å². The van der Waals surface area contributed by atoms with E-state index >= 15 is 0 Å². The van der Waals surface area contributed by atoms with Gasteiger partial charge in [0, 0.05) is 29.7 Å². The van der Waals surface area contributed by atoms with Gasteiger partial charge in [-0.25, -0.2) is 9.18 Å². The summed E-state index contributed by atoms with van der Waals surface area (Å²) in [5.41, 5.74) is 0.744. The van der Waals surface area contributed by atoms with Crippen molar-refractivity contribution in [2.45, 2.75) is 11.7 Å². The van der Waals surface area contributed by atoms with E-state index < -0.39 is 0 Å². The molecule has 116 valence electrons. The van der Waals surface area contributed by atoms with Crippen LogP contribution in [0.2, 0.25) is 0 Å². The molecule has 1 aliphatic heterocycles. The molecule has 0 spiro atoms. The lowest BCUT2D eigenvalue weighted by Crippen LogP contribution is -2.36. The molecule has 0 aliphatic carbocycles. The fraction of sp³-hybridized carbons (Fsp3) is 0.312. The number of nitrogens with one attached hydrogen (secondary N) is 1. The Bertz CT molecular complexity index is 633. The summed E-state index contributed by atoms with van der Waals surface area (Å²) < 4.78 is 13.9. The van der Waals surface area contributed by atoms with E-state index in [1.807, 2.05) is 34.5 Å². The van der Waals surface area contributed by atoms with Gasteiger partial charge in [-0.3, -0.25) is 5.32 Å². The van der Waals surface area contributed by atoms with Crippen LogP contribution in [0.15, 0.2) is 41.8 Å². The maximum Gasteiger partial charge on any atom is 0.322 e. The molecule has 1 fully saturated rings. The molecule has 1 saturated heterocycles. The van der Waals surface area contributed by atoms with Gasteiger partial charge in [0.1, 0.15) is 5.82 Å². The molecule has 0 unspecified atom stereocenters. The second-order valence-corrected chi connectivity index (χ2v) is 7.32. The molecule has 1 aromatic carbocycles. The summed E-state index contributed by atoms with van der Waals surface area (Å²) in [7, 11) is 0. The number of carbonyl (C=O) groups is 1. The highest BCUT2D eigenvalue weighted by Crippen LogP contribution is 2.35. The van der Waals surface area contributed by atoms with Crippen LogP contribution in [0.25, 0.3) is 0 Å². The van der Waals surface area contributed by atoms with Crippen LogP contribution in [-0.2, 0) is 0 Å². The van der Waals surface area contributed by atoms with Gasteiger partial charge in [0.2, 0.25) is 0 Å². The monoisotopic (exact) mass is 336 g/mol. The second-order valence-electron chi connectivity index (χ2n) is 5.06. The summed E-state index contributed by atoms with van der Waals surface area (Å²) in [6, 6.07) is 10.6. The van der Waals surface area contributed by atoms with E-state index in [2.05, 4.69) is 5.32 Å². The first kappa shape index (κ1) is 15.4. The van der Waals surface area contributed by atoms with Crippen molar-refractivity contribution in [2.24, 2.45) is 0 Å². The largest absolute Gasteiger partial charge is 0.324 e. The minimum Gasteiger partial charge on any atom is -0.324 e. The molecule has 1 atom stereocenters. The molecule has 0 radical (unpaired) electrons. The number of rotatable bonds is 2. The first-order chi connectivity index (χ1) is 10.7. The van der Waals surface area contributed by atoms with Gasteiger partial charge in [-0.15, -0.1) is 11.3 Å². The zero-order valence-electron chi connectivity index (χ0n) is 12.0. The minimum absolute atomic E-state index is 0.0720. The SMILES string of the molecule is O=C(Nc1cccs1)N1CCS[C@H](c2ccccc2F)CC1. The number of urea groups is 1. The summed E-state index contributed by atoms with van der Waals surface area (Å²) in [5.74, 6) is 0.660. The smallest absolute Gasteiger partial charge is 0.322 e. The number of amides is 2. The lowest BCUT2D eigenvalue weighted by molar-refractivity contribution is 0.215. The van der Waals surface area contributed by atoms with E-state index in [0.29, 0.717) is 13.1 Å². The molecule has 1 N–H and O–H groups in total. The minimum atomic E-state index is -0.156. The molecule has 1 aromatic heterocycles. The highest BCUT2D eigenvalue weighted by molar-refractivity contribution is 7.99. The van der Waals surface area contributed by atoms with Crippen LogP contribution in [0.5, 0.6) is 0 Å². The summed E-state index contributed by atoms with van der Waals surface area (Å²) in [4.78, 5) is 14.1. The van der Waals surface area contributed by atoms with E-state index in [1.54, 1.807) is 17.8 Å². The molecule has 22 heavy (non-hydrogen) atoms. The highest BCUT2D eigenvalue weighted by atomic mass is 32.2. The van der Waals surface area contributed by atoms with Crippen LogP contribution in [0.1, 0.15) is 17.2 Å². The molecule has 3 nitrogen and oxygen atoms in total. The summed E-state index contributed by atoms with van der Waals surface area (Å²) >= 11 is 3.23. The van der Waals surface area contributed by atoms with Crippen LogP contribution >= 0.6 is 23.1 Å². The Labute approximate surface area is 137 Å². The number of hydrogen-bond donors (Lipinski definition) is 1. The number of benzene rings is 1. The normalized spacial score (nSPS) is 18.8. The maximum atomic E-state index is 13.9. The standard InChI is InChI=1S/C16H17FN2OS2/c17-13-5-2-1-4-12(13)14-7-8-19(9-11-21-14)16(20)18-15-6-3-10-22-15/h1-6,10,14H,7-9,11H2,(H,18,20)/t14-/m0/s1. The van der Waals surface area contributed by atoms with Gasteiger partial charge in [0.25, 0.3) is 0 Å². The molecule has 0 bridgehead atoms. The Balaban J connectivity index is 1.62. The Hall–Kier alpha value is -1.53. The molecular weight excluding hydrogens is 319 g/mol. The summed E-state index contributed by atoms with van der Waals surface area (Å²) in [5, 5.41) is 5.81. The third-order valence-electron chi connectivity index (χ3n) is 3.63. The van der Waals surface area contributed by atoms with Crippen molar-refractivity contribution in [3.63, 3.8) is 0 Å². The van der Waals surface area contributed by atoms with Gasteiger partial charge >= 0.3 is 6.03 Å². The van der Waals surface area contributed by atoms with Crippen molar-refractivity contribution in [2.75, 3.05) is 24.2 Å². The topological polar surface area (TPSA) is 32.3 Å².